The van der Waals surface area contributed by atoms with Crippen molar-refractivity contribution >= 4 is 17.9 Å². The maximum atomic E-state index is 12.4. The van der Waals surface area contributed by atoms with Gasteiger partial charge < -0.3 is 0 Å². The topological polar surface area (TPSA) is 107 Å². The van der Waals surface area contributed by atoms with Gasteiger partial charge in [-0.05, 0) is 0 Å². The van der Waals surface area contributed by atoms with Crippen molar-refractivity contribution < 1.29 is 22.8 Å². The lowest BCUT2D eigenvalue weighted by molar-refractivity contribution is -0.144. The number of nitrogens with zero attached hydrogens (tertiary/aromatic N) is 5. The number of rotatable bonds is 3. The Bertz CT molecular complexity index is 839. The normalized spacial score (nSPS) is 18.4. The lowest BCUT2D eigenvalue weighted by Gasteiger charge is -2.20. The third kappa shape index (κ3) is 3.26. The molecule has 1 aliphatic rings. The highest BCUT2D eigenvalue weighted by atomic mass is 19.4. The molecule has 0 spiro atoms. The van der Waals surface area contributed by atoms with Crippen LogP contribution in [0.2, 0.25) is 0 Å². The third-order valence-electron chi connectivity index (χ3n) is 3.32. The minimum Gasteiger partial charge on any atom is -0.287 e. The molecule has 1 aliphatic heterocycles. The van der Waals surface area contributed by atoms with Gasteiger partial charge in [-0.3, -0.25) is 19.0 Å². The number of aryl methyl sites for hydroxylation is 1. The average Bonchev–Trinajstić information content (AvgIpc) is 2.48. The number of hydrogen-bond acceptors (Lipinski definition) is 6. The van der Waals surface area contributed by atoms with Crippen molar-refractivity contribution in [1.29, 1.82) is 0 Å². The number of hydrazone groups is 1. The molecule has 12 heteroatoms. The number of amides is 1. The largest absolute Gasteiger partial charge is 0.390 e. The van der Waals surface area contributed by atoms with Gasteiger partial charge in [-0.1, -0.05) is 0 Å². The van der Waals surface area contributed by atoms with Crippen LogP contribution < -0.4 is 11.2 Å². The zero-order chi connectivity index (χ0) is 18.2. The van der Waals surface area contributed by atoms with Gasteiger partial charge in [0.2, 0.25) is 5.78 Å². The van der Waals surface area contributed by atoms with Gasteiger partial charge in [0.05, 0.1) is 6.42 Å². The van der Waals surface area contributed by atoms with Gasteiger partial charge in [-0.25, -0.2) is 14.5 Å². The van der Waals surface area contributed by atoms with Crippen molar-refractivity contribution in [3.63, 3.8) is 0 Å². The molecule has 1 aromatic rings. The summed E-state index contributed by atoms with van der Waals surface area (Å²) in [5.41, 5.74) is -2.75. The lowest BCUT2D eigenvalue weighted by atomic mass is 10.00. The van der Waals surface area contributed by atoms with E-state index in [2.05, 4.69) is 10.2 Å². The highest BCUT2D eigenvalue weighted by Gasteiger charge is 2.36. The van der Waals surface area contributed by atoms with Crippen LogP contribution in [0, 0.1) is 0 Å². The number of alkyl halides is 3. The quantitative estimate of drug-likeness (QED) is 0.652. The van der Waals surface area contributed by atoms with E-state index in [-0.39, 0.29) is 0 Å². The summed E-state index contributed by atoms with van der Waals surface area (Å²) in [5, 5.41) is 7.98. The zero-order valence-corrected chi connectivity index (χ0v) is 12.6. The molecule has 0 saturated carbocycles. The highest BCUT2D eigenvalue weighted by Crippen LogP contribution is 2.19. The van der Waals surface area contributed by atoms with E-state index in [9.17, 15) is 32.3 Å². The fourth-order valence-corrected chi connectivity index (χ4v) is 2.05. The van der Waals surface area contributed by atoms with Crippen LogP contribution in [0.3, 0.4) is 0 Å². The zero-order valence-electron chi connectivity index (χ0n) is 12.6. The van der Waals surface area contributed by atoms with E-state index in [0.29, 0.717) is 9.25 Å². The van der Waals surface area contributed by atoms with Gasteiger partial charge in [0.1, 0.15) is 11.6 Å². The fraction of sp³-hybridized carbons (Fsp3) is 0.500. The van der Waals surface area contributed by atoms with Crippen molar-refractivity contribution in [1.82, 2.24) is 19.4 Å². The Kier molecular flexibility index (Phi) is 4.40. The first kappa shape index (κ1) is 17.6. The second-order valence-electron chi connectivity index (χ2n) is 5.05. The number of carbonyl (C=O) groups excluding carboxylic acids is 2. The first-order chi connectivity index (χ1) is 11.0. The minimum atomic E-state index is -4.57. The van der Waals surface area contributed by atoms with Gasteiger partial charge in [-0.15, -0.1) is 0 Å². The van der Waals surface area contributed by atoms with Crippen LogP contribution >= 0.6 is 0 Å². The number of hydrogen-bond donors (Lipinski definition) is 0. The third-order valence-corrected chi connectivity index (χ3v) is 3.32. The van der Waals surface area contributed by atoms with E-state index >= 15 is 0 Å². The molecule has 0 bridgehead atoms. The Hall–Kier alpha value is -2.79. The number of ketones is 1. The Morgan fingerprint density at radius 3 is 2.38 bits per heavy atom. The number of likely N-dealkylation sites (N-methyl/N-ethyl adjacent to an activating group) is 1. The van der Waals surface area contributed by atoms with Gasteiger partial charge in [0, 0.05) is 26.9 Å². The molecule has 0 radical (unpaired) electrons. The summed E-state index contributed by atoms with van der Waals surface area (Å²) < 4.78 is 38.0. The molecule has 130 valence electrons. The molecule has 0 aromatic carbocycles. The maximum Gasteiger partial charge on any atom is 0.390 e. The van der Waals surface area contributed by atoms with E-state index in [4.69, 9.17) is 0 Å². The second-order valence-corrected chi connectivity index (χ2v) is 5.05. The molecule has 1 unspecified atom stereocenters. The highest BCUT2D eigenvalue weighted by molar-refractivity contribution is 6.42. The van der Waals surface area contributed by atoms with E-state index < -0.39 is 53.7 Å². The maximum absolute atomic E-state index is 12.4. The summed E-state index contributed by atoms with van der Waals surface area (Å²) >= 11 is 0. The van der Waals surface area contributed by atoms with Crippen molar-refractivity contribution in [2.45, 2.75) is 25.1 Å². The first-order valence-electron chi connectivity index (χ1n) is 6.63. The molecular formula is C12H12F3N5O4. The molecule has 2 heterocycles. The van der Waals surface area contributed by atoms with E-state index in [1.54, 1.807) is 0 Å². The van der Waals surface area contributed by atoms with Gasteiger partial charge in [0.25, 0.3) is 5.56 Å². The number of carbonyl (C=O) groups is 2. The molecule has 24 heavy (non-hydrogen) atoms. The molecule has 0 aliphatic carbocycles. The summed E-state index contributed by atoms with van der Waals surface area (Å²) in [7, 11) is 2.34. The average molecular weight is 347 g/mol. The minimum absolute atomic E-state index is 0.333. The monoisotopic (exact) mass is 347 g/mol. The summed E-state index contributed by atoms with van der Waals surface area (Å²) in [4.78, 5) is 47.7. The Morgan fingerprint density at radius 1 is 1.17 bits per heavy atom. The van der Waals surface area contributed by atoms with Crippen molar-refractivity contribution in [2.24, 2.45) is 12.1 Å². The van der Waals surface area contributed by atoms with Crippen LogP contribution in [0.5, 0.6) is 0 Å². The number of halogens is 3. The first-order valence-corrected chi connectivity index (χ1v) is 6.63. The van der Waals surface area contributed by atoms with Crippen LogP contribution in [0.25, 0.3) is 0 Å². The van der Waals surface area contributed by atoms with E-state index in [1.807, 2.05) is 0 Å². The van der Waals surface area contributed by atoms with E-state index in [1.165, 1.54) is 7.05 Å². The summed E-state index contributed by atoms with van der Waals surface area (Å²) in [6.45, 7) is -0.920. The van der Waals surface area contributed by atoms with Crippen molar-refractivity contribution in [2.75, 3.05) is 7.05 Å². The summed E-state index contributed by atoms with van der Waals surface area (Å²) in [5.74, 6) is -3.47. The van der Waals surface area contributed by atoms with Crippen LogP contribution in [-0.4, -0.2) is 50.5 Å². The standard InChI is InChI=1S/C12H12F3N5O4/c1-18-10(23)8(21)6(5-16-18)7-9(22)20(4-3-12(13,14)15)11(24)19(2)17-7/h5-6H,3-4H2,1-2H3. The Labute approximate surface area is 132 Å². The van der Waals surface area contributed by atoms with Gasteiger partial charge in [0.15, 0.2) is 0 Å². The molecule has 9 nitrogen and oxygen atoms in total. The number of aromatic nitrogens is 3. The van der Waals surface area contributed by atoms with Gasteiger partial charge >= 0.3 is 17.8 Å². The number of Topliss-reactive ketones (excluding diaryl/α,β-unsaturated/α-hetero) is 1. The molecule has 1 aromatic heterocycles. The van der Waals surface area contributed by atoms with Crippen LogP contribution in [0.4, 0.5) is 13.2 Å². The van der Waals surface area contributed by atoms with Crippen LogP contribution in [0.15, 0.2) is 14.7 Å². The molecule has 2 rings (SSSR count). The fourth-order valence-electron chi connectivity index (χ4n) is 2.05. The molecule has 0 saturated heterocycles. The second kappa shape index (κ2) is 6.02. The molecule has 1 amide bonds. The van der Waals surface area contributed by atoms with Crippen LogP contribution in [-0.2, 0) is 23.2 Å². The molecule has 1 atom stereocenters. The molecule has 0 N–H and O–H groups in total. The lowest BCUT2D eigenvalue weighted by Crippen LogP contribution is -2.47. The Balaban J connectivity index is 2.53. The Morgan fingerprint density at radius 2 is 1.79 bits per heavy atom. The summed E-state index contributed by atoms with van der Waals surface area (Å²) in [6.07, 6.45) is -5.00. The smallest absolute Gasteiger partial charge is 0.287 e. The van der Waals surface area contributed by atoms with Crippen LogP contribution in [0.1, 0.15) is 18.0 Å². The SMILES string of the molecule is CN1N=CC(c2nn(C)c(=O)n(CCC(F)(F)F)c2=O)C(=O)C1=O. The van der Waals surface area contributed by atoms with Gasteiger partial charge in [-0.2, -0.15) is 23.4 Å². The molecule has 0 fully saturated rings. The summed E-state index contributed by atoms with van der Waals surface area (Å²) in [6, 6.07) is 0. The van der Waals surface area contributed by atoms with Crippen molar-refractivity contribution in [3.8, 4) is 0 Å². The predicted molar refractivity (Wildman–Crippen MR) is 73.4 cm³/mol. The molecular weight excluding hydrogens is 335 g/mol. The predicted octanol–water partition coefficient (Wildman–Crippen LogP) is -0.995. The van der Waals surface area contributed by atoms with Crippen molar-refractivity contribution in [3.05, 3.63) is 26.5 Å². The van der Waals surface area contributed by atoms with E-state index in [0.717, 1.165) is 18.3 Å².